The first kappa shape index (κ1) is 22.5. The minimum Gasteiger partial charge on any atom is -0.492 e. The standard InChI is InChI=1S/C27H33ClN2O3/c1-4-32-23-8-6-19(14-22(23)28)18-5-7-21-20(13-18)15-27(2,3)25(21)29-26(31)33-24-16-30-11-9-17(24)10-12-30/h5-8,13-14,17,24-25H,4,9-12,15-16H2,1-3H3,(H,29,31)/t24-,25?/m0/s1. The summed E-state index contributed by atoms with van der Waals surface area (Å²) in [5.74, 6) is 1.21. The predicted molar refractivity (Wildman–Crippen MR) is 131 cm³/mol. The summed E-state index contributed by atoms with van der Waals surface area (Å²) in [4.78, 5) is 15.3. The van der Waals surface area contributed by atoms with Gasteiger partial charge in [0, 0.05) is 6.54 Å². The van der Waals surface area contributed by atoms with Crippen molar-refractivity contribution in [2.45, 2.75) is 52.2 Å². The van der Waals surface area contributed by atoms with Gasteiger partial charge in [0.05, 0.1) is 17.7 Å². The molecule has 2 aromatic rings. The van der Waals surface area contributed by atoms with Gasteiger partial charge < -0.3 is 14.8 Å². The highest BCUT2D eigenvalue weighted by atomic mass is 35.5. The summed E-state index contributed by atoms with van der Waals surface area (Å²) >= 11 is 6.42. The van der Waals surface area contributed by atoms with Crippen molar-refractivity contribution in [3.63, 3.8) is 0 Å². The van der Waals surface area contributed by atoms with Gasteiger partial charge in [0.15, 0.2) is 0 Å². The van der Waals surface area contributed by atoms with Gasteiger partial charge in [-0.2, -0.15) is 0 Å². The lowest BCUT2D eigenvalue weighted by atomic mass is 9.85. The third kappa shape index (κ3) is 4.45. The number of fused-ring (bicyclic) bond motifs is 4. The summed E-state index contributed by atoms with van der Waals surface area (Å²) in [5.41, 5.74) is 4.51. The van der Waals surface area contributed by atoms with Gasteiger partial charge in [0.1, 0.15) is 11.9 Å². The summed E-state index contributed by atoms with van der Waals surface area (Å²) in [6.07, 6.45) is 2.89. The number of amides is 1. The number of carbonyl (C=O) groups excluding carboxylic acids is 1. The van der Waals surface area contributed by atoms with Crippen LogP contribution in [0.1, 0.15) is 50.8 Å². The lowest BCUT2D eigenvalue weighted by Crippen LogP contribution is -2.53. The number of benzene rings is 2. The van der Waals surface area contributed by atoms with Crippen molar-refractivity contribution in [2.75, 3.05) is 26.2 Å². The van der Waals surface area contributed by atoms with Gasteiger partial charge in [-0.3, -0.25) is 4.90 Å². The fourth-order valence-corrected chi connectivity index (χ4v) is 6.03. The van der Waals surface area contributed by atoms with E-state index in [1.54, 1.807) is 0 Å². The van der Waals surface area contributed by atoms with E-state index in [9.17, 15) is 4.79 Å². The summed E-state index contributed by atoms with van der Waals surface area (Å²) in [6.45, 7) is 10.1. The first-order valence-electron chi connectivity index (χ1n) is 12.1. The number of alkyl carbamates (subject to hydrolysis) is 1. The Morgan fingerprint density at radius 1 is 1.15 bits per heavy atom. The van der Waals surface area contributed by atoms with E-state index >= 15 is 0 Å². The van der Waals surface area contributed by atoms with Gasteiger partial charge in [-0.1, -0.05) is 49.7 Å². The molecule has 5 nitrogen and oxygen atoms in total. The Bertz CT molecular complexity index is 1050. The molecule has 2 aromatic carbocycles. The normalized spacial score (nSPS) is 27.2. The van der Waals surface area contributed by atoms with Crippen molar-refractivity contribution in [1.29, 1.82) is 0 Å². The topological polar surface area (TPSA) is 50.8 Å². The number of carbonyl (C=O) groups is 1. The van der Waals surface area contributed by atoms with Crippen LogP contribution in [-0.2, 0) is 11.2 Å². The molecule has 3 saturated heterocycles. The molecule has 1 amide bonds. The molecule has 1 unspecified atom stereocenters. The maximum absolute atomic E-state index is 12.9. The summed E-state index contributed by atoms with van der Waals surface area (Å²) < 4.78 is 11.5. The number of hydrogen-bond acceptors (Lipinski definition) is 4. The van der Waals surface area contributed by atoms with Crippen LogP contribution in [0.4, 0.5) is 4.79 Å². The first-order chi connectivity index (χ1) is 15.8. The van der Waals surface area contributed by atoms with Crippen LogP contribution in [0.3, 0.4) is 0 Å². The van der Waals surface area contributed by atoms with Crippen molar-refractivity contribution >= 4 is 17.7 Å². The quantitative estimate of drug-likeness (QED) is 0.598. The first-order valence-corrected chi connectivity index (χ1v) is 12.5. The van der Waals surface area contributed by atoms with E-state index < -0.39 is 0 Å². The maximum atomic E-state index is 12.9. The number of piperidine rings is 3. The smallest absolute Gasteiger partial charge is 0.407 e. The zero-order chi connectivity index (χ0) is 23.2. The molecule has 2 bridgehead atoms. The van der Waals surface area contributed by atoms with E-state index in [-0.39, 0.29) is 23.7 Å². The molecular formula is C27H33ClN2O3. The molecule has 1 aliphatic carbocycles. The van der Waals surface area contributed by atoms with Crippen LogP contribution in [0, 0.1) is 11.3 Å². The van der Waals surface area contributed by atoms with Crippen LogP contribution in [0.15, 0.2) is 36.4 Å². The molecule has 0 spiro atoms. The number of nitrogens with one attached hydrogen (secondary N) is 1. The lowest BCUT2D eigenvalue weighted by molar-refractivity contribution is -0.0348. The lowest BCUT2D eigenvalue weighted by Gasteiger charge is -2.44. The average Bonchev–Trinajstić information content (AvgIpc) is 3.04. The second-order valence-corrected chi connectivity index (χ2v) is 10.7. The highest BCUT2D eigenvalue weighted by molar-refractivity contribution is 6.32. The van der Waals surface area contributed by atoms with Gasteiger partial charge >= 0.3 is 6.09 Å². The van der Waals surface area contributed by atoms with Crippen LogP contribution in [0.2, 0.25) is 5.02 Å². The van der Waals surface area contributed by atoms with Crippen LogP contribution < -0.4 is 10.1 Å². The monoisotopic (exact) mass is 468 g/mol. The van der Waals surface area contributed by atoms with E-state index in [4.69, 9.17) is 21.1 Å². The minimum atomic E-state index is -0.290. The molecule has 3 aliphatic heterocycles. The van der Waals surface area contributed by atoms with Crippen LogP contribution in [-0.4, -0.2) is 43.3 Å². The number of ether oxygens (including phenoxy) is 2. The highest BCUT2D eigenvalue weighted by Gasteiger charge is 2.42. The Labute approximate surface area is 201 Å². The fourth-order valence-electron chi connectivity index (χ4n) is 5.79. The van der Waals surface area contributed by atoms with Gasteiger partial charge in [-0.15, -0.1) is 0 Å². The molecule has 2 atom stereocenters. The molecule has 3 heterocycles. The molecule has 4 aliphatic rings. The Kier molecular flexibility index (Phi) is 6.04. The highest BCUT2D eigenvalue weighted by Crippen LogP contribution is 2.46. The Hall–Kier alpha value is -2.24. The Balaban J connectivity index is 1.32. The number of rotatable bonds is 5. The van der Waals surface area contributed by atoms with Crippen LogP contribution in [0.25, 0.3) is 11.1 Å². The second kappa shape index (κ2) is 8.84. The molecule has 33 heavy (non-hydrogen) atoms. The molecular weight excluding hydrogens is 436 g/mol. The van der Waals surface area contributed by atoms with E-state index in [0.29, 0.717) is 23.3 Å². The van der Waals surface area contributed by atoms with Crippen molar-refractivity contribution in [3.05, 3.63) is 52.5 Å². The third-order valence-corrected chi connectivity index (χ3v) is 7.86. The molecule has 0 aromatic heterocycles. The summed E-state index contributed by atoms with van der Waals surface area (Å²) in [5, 5.41) is 3.82. The van der Waals surface area contributed by atoms with Crippen molar-refractivity contribution in [1.82, 2.24) is 10.2 Å². The summed E-state index contributed by atoms with van der Waals surface area (Å²) in [6, 6.07) is 12.3. The Morgan fingerprint density at radius 2 is 1.88 bits per heavy atom. The van der Waals surface area contributed by atoms with Gasteiger partial charge in [0.25, 0.3) is 0 Å². The maximum Gasteiger partial charge on any atom is 0.407 e. The van der Waals surface area contributed by atoms with E-state index in [2.05, 4.69) is 42.3 Å². The second-order valence-electron chi connectivity index (χ2n) is 10.3. The average molecular weight is 469 g/mol. The van der Waals surface area contributed by atoms with E-state index in [1.807, 2.05) is 25.1 Å². The van der Waals surface area contributed by atoms with Crippen molar-refractivity contribution < 1.29 is 14.3 Å². The van der Waals surface area contributed by atoms with Crippen LogP contribution >= 0.6 is 11.6 Å². The summed E-state index contributed by atoms with van der Waals surface area (Å²) in [7, 11) is 0. The van der Waals surface area contributed by atoms with E-state index in [0.717, 1.165) is 50.0 Å². The number of hydrogen-bond donors (Lipinski definition) is 1. The van der Waals surface area contributed by atoms with Crippen molar-refractivity contribution in [2.24, 2.45) is 11.3 Å². The van der Waals surface area contributed by atoms with Gasteiger partial charge in [-0.25, -0.2) is 4.79 Å². The van der Waals surface area contributed by atoms with E-state index in [1.165, 1.54) is 11.1 Å². The predicted octanol–water partition coefficient (Wildman–Crippen LogP) is 5.85. The zero-order valence-corrected chi connectivity index (χ0v) is 20.5. The van der Waals surface area contributed by atoms with Crippen LogP contribution in [0.5, 0.6) is 5.75 Å². The molecule has 6 heteroatoms. The Morgan fingerprint density at radius 3 is 2.55 bits per heavy atom. The molecule has 6 rings (SSSR count). The molecule has 3 fully saturated rings. The molecule has 1 N–H and O–H groups in total. The third-order valence-electron chi connectivity index (χ3n) is 7.56. The van der Waals surface area contributed by atoms with Gasteiger partial charge in [-0.05, 0) is 85.0 Å². The minimum absolute atomic E-state index is 0.0169. The SMILES string of the molecule is CCOc1ccc(-c2ccc3c(c2)CC(C)(C)C3NC(=O)O[C@H]2CN3CCC2CC3)cc1Cl. The molecule has 0 saturated carbocycles. The fraction of sp³-hybridized carbons (Fsp3) is 0.519. The molecule has 176 valence electrons. The van der Waals surface area contributed by atoms with Gasteiger partial charge in [0.2, 0.25) is 0 Å². The number of nitrogens with zero attached hydrogens (tertiary/aromatic N) is 1. The number of halogens is 1. The largest absolute Gasteiger partial charge is 0.492 e. The zero-order valence-electron chi connectivity index (χ0n) is 19.7. The van der Waals surface area contributed by atoms with Crippen molar-refractivity contribution in [3.8, 4) is 16.9 Å². The molecule has 0 radical (unpaired) electrons.